The zero-order valence-corrected chi connectivity index (χ0v) is 15.8. The van der Waals surface area contributed by atoms with Crippen molar-refractivity contribution in [3.63, 3.8) is 0 Å². The molecule has 0 fully saturated rings. The van der Waals surface area contributed by atoms with Crippen LogP contribution >= 0.6 is 23.2 Å². The number of hydrogen-bond donors (Lipinski definition) is 0. The van der Waals surface area contributed by atoms with Crippen LogP contribution in [0.1, 0.15) is 33.1 Å². The molecular weight excluding hydrogens is 384 g/mol. The predicted molar refractivity (Wildman–Crippen MR) is 106 cm³/mol. The molecule has 3 aromatic rings. The van der Waals surface area contributed by atoms with E-state index >= 15 is 0 Å². The summed E-state index contributed by atoms with van der Waals surface area (Å²) in [5.74, 6) is -0.453. The third-order valence-electron chi connectivity index (χ3n) is 4.84. The van der Waals surface area contributed by atoms with Crippen LogP contribution in [0.2, 0.25) is 10.0 Å². The molecule has 0 aliphatic carbocycles. The van der Waals surface area contributed by atoms with Gasteiger partial charge in [-0.15, -0.1) is 0 Å². The first kappa shape index (κ1) is 18.0. The predicted octanol–water partition coefficient (Wildman–Crippen LogP) is 5.92. The van der Waals surface area contributed by atoms with E-state index in [2.05, 4.69) is 6.07 Å². The number of halogens is 3. The highest BCUT2D eigenvalue weighted by Crippen LogP contribution is 2.36. The molecular formula is C22H16Cl2FNO. The normalized spacial score (nSPS) is 16.1. The van der Waals surface area contributed by atoms with Crippen molar-refractivity contribution in [1.29, 1.82) is 0 Å². The number of carbonyl (C=O) groups is 1. The Morgan fingerprint density at radius 2 is 1.63 bits per heavy atom. The molecule has 1 atom stereocenters. The topological polar surface area (TPSA) is 20.3 Å². The molecule has 136 valence electrons. The Morgan fingerprint density at radius 1 is 0.963 bits per heavy atom. The molecule has 0 bridgehead atoms. The fourth-order valence-corrected chi connectivity index (χ4v) is 4.16. The maximum Gasteiger partial charge on any atom is 0.254 e. The first-order valence-electron chi connectivity index (χ1n) is 8.63. The van der Waals surface area contributed by atoms with E-state index in [1.807, 2.05) is 18.2 Å². The second kappa shape index (κ2) is 7.34. The Hall–Kier alpha value is -2.36. The number of rotatable bonds is 2. The smallest absolute Gasteiger partial charge is 0.254 e. The highest BCUT2D eigenvalue weighted by molar-refractivity contribution is 6.35. The Bertz CT molecular complexity index is 983. The molecule has 27 heavy (non-hydrogen) atoms. The van der Waals surface area contributed by atoms with Gasteiger partial charge in [0.05, 0.1) is 6.04 Å². The van der Waals surface area contributed by atoms with Crippen molar-refractivity contribution < 1.29 is 9.18 Å². The summed E-state index contributed by atoms with van der Waals surface area (Å²) >= 11 is 12.2. The number of hydrogen-bond acceptors (Lipinski definition) is 1. The van der Waals surface area contributed by atoms with Crippen LogP contribution in [0.3, 0.4) is 0 Å². The maximum atomic E-state index is 13.4. The van der Waals surface area contributed by atoms with E-state index in [-0.39, 0.29) is 17.8 Å². The summed E-state index contributed by atoms with van der Waals surface area (Å²) in [4.78, 5) is 15.1. The molecule has 1 aliphatic heterocycles. The lowest BCUT2D eigenvalue weighted by Gasteiger charge is -2.38. The largest absolute Gasteiger partial charge is 0.327 e. The number of benzene rings is 3. The van der Waals surface area contributed by atoms with Crippen LogP contribution in [-0.2, 0) is 6.42 Å². The first-order valence-corrected chi connectivity index (χ1v) is 9.39. The average molecular weight is 400 g/mol. The molecule has 4 rings (SSSR count). The van der Waals surface area contributed by atoms with Gasteiger partial charge in [0.2, 0.25) is 0 Å². The molecule has 0 radical (unpaired) electrons. The monoisotopic (exact) mass is 399 g/mol. The summed E-state index contributed by atoms with van der Waals surface area (Å²) in [6.45, 7) is 0.558. The molecule has 0 spiro atoms. The standard InChI is InChI=1S/C22H16Cl2FNO/c23-17-11-16(12-18(24)13-17)22(27)26-10-9-14-3-1-2-4-20(14)21(26)15-5-7-19(25)8-6-15/h1-8,11-13,21H,9-10H2. The summed E-state index contributed by atoms with van der Waals surface area (Å²) < 4.78 is 13.4. The molecule has 0 saturated carbocycles. The quantitative estimate of drug-likeness (QED) is 0.523. The molecule has 2 nitrogen and oxygen atoms in total. The van der Waals surface area contributed by atoms with Crippen molar-refractivity contribution in [3.8, 4) is 0 Å². The minimum atomic E-state index is -0.303. The van der Waals surface area contributed by atoms with Crippen LogP contribution in [0, 0.1) is 5.82 Å². The van der Waals surface area contributed by atoms with E-state index in [0.717, 1.165) is 17.5 Å². The van der Waals surface area contributed by atoms with Crippen molar-refractivity contribution >= 4 is 29.1 Å². The molecule has 1 amide bonds. The third kappa shape index (κ3) is 3.58. The van der Waals surface area contributed by atoms with Crippen LogP contribution in [0.5, 0.6) is 0 Å². The second-order valence-corrected chi connectivity index (χ2v) is 7.43. The lowest BCUT2D eigenvalue weighted by atomic mass is 9.87. The lowest BCUT2D eigenvalue weighted by molar-refractivity contribution is 0.0694. The highest BCUT2D eigenvalue weighted by atomic mass is 35.5. The van der Waals surface area contributed by atoms with Gasteiger partial charge in [-0.05, 0) is 53.4 Å². The zero-order valence-electron chi connectivity index (χ0n) is 14.3. The summed E-state index contributed by atoms with van der Waals surface area (Å²) in [7, 11) is 0. The second-order valence-electron chi connectivity index (χ2n) is 6.56. The summed E-state index contributed by atoms with van der Waals surface area (Å²) in [6.07, 6.45) is 0.758. The first-order chi connectivity index (χ1) is 13.0. The number of nitrogens with zero attached hydrogens (tertiary/aromatic N) is 1. The number of amides is 1. The van der Waals surface area contributed by atoms with Crippen LogP contribution in [0.4, 0.5) is 4.39 Å². The molecule has 0 saturated heterocycles. The average Bonchev–Trinajstić information content (AvgIpc) is 2.66. The summed E-state index contributed by atoms with van der Waals surface area (Å²) in [5, 5.41) is 0.836. The Morgan fingerprint density at radius 3 is 2.33 bits per heavy atom. The Labute approximate surface area is 167 Å². The molecule has 1 aliphatic rings. The van der Waals surface area contributed by atoms with Crippen molar-refractivity contribution in [2.24, 2.45) is 0 Å². The molecule has 0 N–H and O–H groups in total. The Kier molecular flexibility index (Phi) is 4.90. The van der Waals surface area contributed by atoms with E-state index in [1.54, 1.807) is 35.2 Å². The molecule has 3 aromatic carbocycles. The van der Waals surface area contributed by atoms with Crippen LogP contribution in [0.15, 0.2) is 66.7 Å². The van der Waals surface area contributed by atoms with Gasteiger partial charge in [0, 0.05) is 22.2 Å². The number of fused-ring (bicyclic) bond motifs is 1. The Balaban J connectivity index is 1.81. The highest BCUT2D eigenvalue weighted by Gasteiger charge is 2.32. The van der Waals surface area contributed by atoms with Crippen LogP contribution < -0.4 is 0 Å². The third-order valence-corrected chi connectivity index (χ3v) is 5.28. The van der Waals surface area contributed by atoms with Gasteiger partial charge >= 0.3 is 0 Å². The van der Waals surface area contributed by atoms with Gasteiger partial charge in [0.1, 0.15) is 5.82 Å². The van der Waals surface area contributed by atoms with Crippen molar-refractivity contribution in [3.05, 3.63) is 105 Å². The fraction of sp³-hybridized carbons (Fsp3) is 0.136. The van der Waals surface area contributed by atoms with Crippen molar-refractivity contribution in [2.75, 3.05) is 6.54 Å². The molecule has 1 unspecified atom stereocenters. The van der Waals surface area contributed by atoms with Gasteiger partial charge in [-0.25, -0.2) is 4.39 Å². The summed E-state index contributed by atoms with van der Waals surface area (Å²) in [6, 6.07) is 18.9. The van der Waals surface area contributed by atoms with E-state index in [0.29, 0.717) is 22.2 Å². The van der Waals surface area contributed by atoms with Crippen molar-refractivity contribution in [2.45, 2.75) is 12.5 Å². The lowest BCUT2D eigenvalue weighted by Crippen LogP contribution is -2.40. The SMILES string of the molecule is O=C(c1cc(Cl)cc(Cl)c1)N1CCc2ccccc2C1c1ccc(F)cc1. The van der Waals surface area contributed by atoms with E-state index < -0.39 is 0 Å². The maximum absolute atomic E-state index is 13.4. The zero-order chi connectivity index (χ0) is 19.0. The molecule has 1 heterocycles. The number of carbonyl (C=O) groups excluding carboxylic acids is 1. The van der Waals surface area contributed by atoms with E-state index in [1.165, 1.54) is 17.7 Å². The van der Waals surface area contributed by atoms with Gasteiger partial charge in [-0.1, -0.05) is 59.6 Å². The van der Waals surface area contributed by atoms with Crippen LogP contribution in [-0.4, -0.2) is 17.4 Å². The summed E-state index contributed by atoms with van der Waals surface area (Å²) in [5.41, 5.74) is 3.56. The van der Waals surface area contributed by atoms with Gasteiger partial charge in [-0.2, -0.15) is 0 Å². The molecule has 5 heteroatoms. The van der Waals surface area contributed by atoms with Gasteiger partial charge < -0.3 is 4.90 Å². The minimum Gasteiger partial charge on any atom is -0.327 e. The molecule has 0 aromatic heterocycles. The van der Waals surface area contributed by atoms with Gasteiger partial charge in [-0.3, -0.25) is 4.79 Å². The van der Waals surface area contributed by atoms with Gasteiger partial charge in [0.25, 0.3) is 5.91 Å². The minimum absolute atomic E-state index is 0.150. The van der Waals surface area contributed by atoms with E-state index in [4.69, 9.17) is 23.2 Å². The van der Waals surface area contributed by atoms with Crippen LogP contribution in [0.25, 0.3) is 0 Å². The van der Waals surface area contributed by atoms with E-state index in [9.17, 15) is 9.18 Å². The van der Waals surface area contributed by atoms with Crippen molar-refractivity contribution in [1.82, 2.24) is 4.90 Å². The van der Waals surface area contributed by atoms with Gasteiger partial charge in [0.15, 0.2) is 0 Å². The fourth-order valence-electron chi connectivity index (χ4n) is 3.63.